The molecule has 1 heterocycles. The zero-order valence-electron chi connectivity index (χ0n) is 13.0. The first-order chi connectivity index (χ1) is 10.3. The second-order valence-electron chi connectivity index (χ2n) is 5.31. The lowest BCUT2D eigenvalue weighted by atomic mass is 9.93. The number of thiophene rings is 1. The van der Waals surface area contributed by atoms with Gasteiger partial charge in [-0.3, -0.25) is 0 Å². The normalized spacial score (nSPS) is 12.3. The van der Waals surface area contributed by atoms with E-state index in [-0.39, 0.29) is 0 Å². The topological polar surface area (TPSA) is 21.3 Å². The van der Waals surface area contributed by atoms with Gasteiger partial charge in [0.15, 0.2) is 0 Å². The van der Waals surface area contributed by atoms with Crippen LogP contribution in [0, 0.1) is 5.92 Å². The van der Waals surface area contributed by atoms with Crippen molar-refractivity contribution in [2.45, 2.75) is 26.2 Å². The van der Waals surface area contributed by atoms with E-state index < -0.39 is 0 Å². The molecule has 2 aromatic rings. The molecular weight excluding hydrogens is 278 g/mol. The summed E-state index contributed by atoms with van der Waals surface area (Å²) < 4.78 is 5.48. The SMILES string of the molecule is CCNCC(CCc1cccs1)Cc1ccccc1OC. The summed E-state index contributed by atoms with van der Waals surface area (Å²) in [6.45, 7) is 4.26. The van der Waals surface area contributed by atoms with Crippen LogP contribution in [-0.4, -0.2) is 20.2 Å². The number of methoxy groups -OCH3 is 1. The summed E-state index contributed by atoms with van der Waals surface area (Å²) in [5, 5.41) is 5.66. The molecule has 1 N–H and O–H groups in total. The lowest BCUT2D eigenvalue weighted by Gasteiger charge is -2.18. The van der Waals surface area contributed by atoms with E-state index in [0.29, 0.717) is 5.92 Å². The van der Waals surface area contributed by atoms with Crippen LogP contribution in [0.1, 0.15) is 23.8 Å². The lowest BCUT2D eigenvalue weighted by molar-refractivity contribution is 0.397. The van der Waals surface area contributed by atoms with E-state index in [1.54, 1.807) is 7.11 Å². The minimum absolute atomic E-state index is 0.642. The molecule has 2 rings (SSSR count). The Bertz CT molecular complexity index is 510. The van der Waals surface area contributed by atoms with Gasteiger partial charge in [-0.2, -0.15) is 0 Å². The van der Waals surface area contributed by atoms with Gasteiger partial charge < -0.3 is 10.1 Å². The third kappa shape index (κ3) is 5.18. The molecule has 1 atom stereocenters. The van der Waals surface area contributed by atoms with E-state index in [9.17, 15) is 0 Å². The van der Waals surface area contributed by atoms with Crippen LogP contribution < -0.4 is 10.1 Å². The van der Waals surface area contributed by atoms with Crippen LogP contribution in [0.3, 0.4) is 0 Å². The van der Waals surface area contributed by atoms with Gasteiger partial charge in [-0.1, -0.05) is 31.2 Å². The standard InChI is InChI=1S/C18H25NOS/c1-3-19-14-15(10-11-17-8-6-12-21-17)13-16-7-4-5-9-18(16)20-2/h4-9,12,15,19H,3,10-11,13-14H2,1-2H3. The molecule has 21 heavy (non-hydrogen) atoms. The smallest absolute Gasteiger partial charge is 0.122 e. The number of para-hydroxylation sites is 1. The van der Waals surface area contributed by atoms with Crippen molar-refractivity contribution < 1.29 is 4.74 Å². The Morgan fingerprint density at radius 1 is 1.19 bits per heavy atom. The van der Waals surface area contributed by atoms with Crippen molar-refractivity contribution in [3.8, 4) is 5.75 Å². The minimum atomic E-state index is 0.642. The predicted octanol–water partition coefficient (Wildman–Crippen LogP) is 4.16. The van der Waals surface area contributed by atoms with Gasteiger partial charge >= 0.3 is 0 Å². The Hall–Kier alpha value is -1.32. The van der Waals surface area contributed by atoms with Crippen LogP contribution in [0.15, 0.2) is 41.8 Å². The Kier molecular flexibility index (Phi) is 6.77. The van der Waals surface area contributed by atoms with Gasteiger partial charge in [0.25, 0.3) is 0 Å². The molecule has 1 aromatic carbocycles. The zero-order valence-corrected chi connectivity index (χ0v) is 13.8. The zero-order chi connectivity index (χ0) is 14.9. The van der Waals surface area contributed by atoms with Crippen LogP contribution >= 0.6 is 11.3 Å². The second-order valence-corrected chi connectivity index (χ2v) is 6.34. The summed E-state index contributed by atoms with van der Waals surface area (Å²) in [6.07, 6.45) is 3.46. The molecule has 1 unspecified atom stereocenters. The maximum absolute atomic E-state index is 5.48. The average molecular weight is 303 g/mol. The maximum atomic E-state index is 5.48. The van der Waals surface area contributed by atoms with E-state index in [0.717, 1.165) is 25.3 Å². The van der Waals surface area contributed by atoms with E-state index in [2.05, 4.69) is 48.0 Å². The monoisotopic (exact) mass is 303 g/mol. The van der Waals surface area contributed by atoms with Gasteiger partial charge in [-0.15, -0.1) is 11.3 Å². The van der Waals surface area contributed by atoms with E-state index in [1.807, 2.05) is 17.4 Å². The molecule has 0 radical (unpaired) electrons. The largest absolute Gasteiger partial charge is 0.496 e. The van der Waals surface area contributed by atoms with Crippen molar-refractivity contribution >= 4 is 11.3 Å². The number of hydrogen-bond donors (Lipinski definition) is 1. The van der Waals surface area contributed by atoms with Crippen molar-refractivity contribution in [2.75, 3.05) is 20.2 Å². The summed E-state index contributed by atoms with van der Waals surface area (Å²) in [4.78, 5) is 1.48. The molecule has 0 saturated carbocycles. The molecule has 0 spiro atoms. The molecule has 0 aliphatic heterocycles. The number of aryl methyl sites for hydroxylation is 1. The van der Waals surface area contributed by atoms with Crippen molar-refractivity contribution in [1.29, 1.82) is 0 Å². The number of nitrogens with one attached hydrogen (secondary N) is 1. The number of rotatable bonds is 9. The van der Waals surface area contributed by atoms with E-state index in [1.165, 1.54) is 23.3 Å². The highest BCUT2D eigenvalue weighted by Crippen LogP contribution is 2.23. The fourth-order valence-corrected chi connectivity index (χ4v) is 3.33. The summed E-state index contributed by atoms with van der Waals surface area (Å²) in [5.41, 5.74) is 1.31. The maximum Gasteiger partial charge on any atom is 0.122 e. The Labute approximate surface area is 132 Å². The molecule has 1 aromatic heterocycles. The molecule has 2 nitrogen and oxygen atoms in total. The highest BCUT2D eigenvalue weighted by Gasteiger charge is 2.13. The summed E-state index contributed by atoms with van der Waals surface area (Å²) in [6, 6.07) is 12.7. The number of benzene rings is 1. The fraction of sp³-hybridized carbons (Fsp3) is 0.444. The first-order valence-corrected chi connectivity index (χ1v) is 8.56. The highest BCUT2D eigenvalue weighted by atomic mass is 32.1. The van der Waals surface area contributed by atoms with Crippen LogP contribution in [-0.2, 0) is 12.8 Å². The number of hydrogen-bond acceptors (Lipinski definition) is 3. The van der Waals surface area contributed by atoms with Crippen LogP contribution in [0.5, 0.6) is 5.75 Å². The van der Waals surface area contributed by atoms with Crippen LogP contribution in [0.2, 0.25) is 0 Å². The summed E-state index contributed by atoms with van der Waals surface area (Å²) >= 11 is 1.86. The molecular formula is C18H25NOS. The Balaban J connectivity index is 1.97. The predicted molar refractivity (Wildman–Crippen MR) is 91.4 cm³/mol. The molecule has 0 fully saturated rings. The van der Waals surface area contributed by atoms with E-state index >= 15 is 0 Å². The van der Waals surface area contributed by atoms with Crippen molar-refractivity contribution in [1.82, 2.24) is 5.32 Å². The van der Waals surface area contributed by atoms with Gasteiger partial charge in [-0.25, -0.2) is 0 Å². The van der Waals surface area contributed by atoms with Crippen LogP contribution in [0.4, 0.5) is 0 Å². The molecule has 0 saturated heterocycles. The first kappa shape index (κ1) is 16.1. The van der Waals surface area contributed by atoms with Gasteiger partial charge in [-0.05, 0) is 61.3 Å². The fourth-order valence-electron chi connectivity index (χ4n) is 2.61. The quantitative estimate of drug-likeness (QED) is 0.751. The lowest BCUT2D eigenvalue weighted by Crippen LogP contribution is -2.24. The average Bonchev–Trinajstić information content (AvgIpc) is 3.04. The third-order valence-electron chi connectivity index (χ3n) is 3.76. The van der Waals surface area contributed by atoms with Gasteiger partial charge in [0.1, 0.15) is 5.75 Å². The van der Waals surface area contributed by atoms with Gasteiger partial charge in [0, 0.05) is 4.88 Å². The molecule has 0 bridgehead atoms. The second kappa shape index (κ2) is 8.85. The molecule has 114 valence electrons. The van der Waals surface area contributed by atoms with Crippen molar-refractivity contribution in [3.63, 3.8) is 0 Å². The first-order valence-electron chi connectivity index (χ1n) is 7.68. The highest BCUT2D eigenvalue weighted by molar-refractivity contribution is 7.09. The molecule has 0 aliphatic carbocycles. The third-order valence-corrected chi connectivity index (χ3v) is 4.70. The van der Waals surface area contributed by atoms with E-state index in [4.69, 9.17) is 4.74 Å². The summed E-state index contributed by atoms with van der Waals surface area (Å²) in [5.74, 6) is 1.65. The summed E-state index contributed by atoms with van der Waals surface area (Å²) in [7, 11) is 1.75. The molecule has 0 amide bonds. The molecule has 3 heteroatoms. The Morgan fingerprint density at radius 2 is 2.05 bits per heavy atom. The van der Waals surface area contributed by atoms with Crippen molar-refractivity contribution in [3.05, 3.63) is 52.2 Å². The number of ether oxygens (including phenoxy) is 1. The van der Waals surface area contributed by atoms with Crippen LogP contribution in [0.25, 0.3) is 0 Å². The minimum Gasteiger partial charge on any atom is -0.496 e. The Morgan fingerprint density at radius 3 is 2.76 bits per heavy atom. The van der Waals surface area contributed by atoms with Gasteiger partial charge in [0.2, 0.25) is 0 Å². The molecule has 0 aliphatic rings. The van der Waals surface area contributed by atoms with Crippen molar-refractivity contribution in [2.24, 2.45) is 5.92 Å². The van der Waals surface area contributed by atoms with Gasteiger partial charge in [0.05, 0.1) is 7.11 Å².